The minimum absolute atomic E-state index is 0.422. The van der Waals surface area contributed by atoms with E-state index in [-0.39, 0.29) is 0 Å². The van der Waals surface area contributed by atoms with Gasteiger partial charge in [0, 0.05) is 11.4 Å². The Bertz CT molecular complexity index is 397. The maximum Gasteiger partial charge on any atom is 0.345 e. The zero-order valence-electron chi connectivity index (χ0n) is 10.7. The highest BCUT2D eigenvalue weighted by molar-refractivity contribution is 7.13. The topological polar surface area (TPSA) is 52.6 Å². The van der Waals surface area contributed by atoms with Crippen molar-refractivity contribution in [2.45, 2.75) is 19.4 Å². The Morgan fingerprint density at radius 2 is 2.22 bits per heavy atom. The molecular formula is C13H20N2O2S. The largest absolute Gasteiger partial charge is 0.477 e. The number of rotatable bonds is 5. The molecule has 100 valence electrons. The van der Waals surface area contributed by atoms with Crippen LogP contribution in [0, 0.1) is 5.92 Å². The van der Waals surface area contributed by atoms with E-state index in [9.17, 15) is 4.79 Å². The number of likely N-dealkylation sites (tertiary alicyclic amines) is 1. The van der Waals surface area contributed by atoms with E-state index in [2.05, 4.69) is 17.3 Å². The number of carboxylic acids is 1. The third-order valence-corrected chi connectivity index (χ3v) is 4.52. The van der Waals surface area contributed by atoms with Gasteiger partial charge in [0.2, 0.25) is 0 Å². The van der Waals surface area contributed by atoms with Gasteiger partial charge in [-0.2, -0.15) is 0 Å². The van der Waals surface area contributed by atoms with E-state index < -0.39 is 5.97 Å². The smallest absolute Gasteiger partial charge is 0.345 e. The summed E-state index contributed by atoms with van der Waals surface area (Å²) in [6.45, 7) is 4.20. The van der Waals surface area contributed by atoms with Crippen LogP contribution in [0.15, 0.2) is 12.1 Å². The summed E-state index contributed by atoms with van der Waals surface area (Å²) >= 11 is 1.36. The van der Waals surface area contributed by atoms with Crippen LogP contribution in [0.1, 0.15) is 27.4 Å². The summed E-state index contributed by atoms with van der Waals surface area (Å²) in [4.78, 5) is 14.6. The van der Waals surface area contributed by atoms with Crippen molar-refractivity contribution in [1.82, 2.24) is 10.2 Å². The first-order chi connectivity index (χ1) is 8.65. The first-order valence-corrected chi connectivity index (χ1v) is 7.18. The lowest BCUT2D eigenvalue weighted by atomic mass is 9.97. The molecule has 0 unspecified atom stereocenters. The highest BCUT2D eigenvalue weighted by atomic mass is 32.1. The van der Waals surface area contributed by atoms with Crippen LogP contribution in [0.2, 0.25) is 0 Å². The fourth-order valence-electron chi connectivity index (χ4n) is 2.25. The fraction of sp³-hybridized carbons (Fsp3) is 0.615. The van der Waals surface area contributed by atoms with Gasteiger partial charge in [-0.05, 0) is 57.6 Å². The van der Waals surface area contributed by atoms with E-state index >= 15 is 0 Å². The summed E-state index contributed by atoms with van der Waals surface area (Å²) in [7, 11) is 2.17. The van der Waals surface area contributed by atoms with E-state index in [0.29, 0.717) is 4.88 Å². The molecule has 1 aromatic heterocycles. The summed E-state index contributed by atoms with van der Waals surface area (Å²) in [5.74, 6) is -0.0679. The minimum Gasteiger partial charge on any atom is -0.477 e. The second-order valence-corrected chi connectivity index (χ2v) is 6.12. The molecule has 1 aromatic rings. The standard InChI is InChI=1S/C13H20N2O2S/c1-15-6-4-10(5-7-15)8-14-9-11-2-3-12(18-11)13(16)17/h2-3,10,14H,4-9H2,1H3,(H,16,17). The molecule has 5 heteroatoms. The molecule has 0 amide bonds. The van der Waals surface area contributed by atoms with Gasteiger partial charge < -0.3 is 15.3 Å². The van der Waals surface area contributed by atoms with Gasteiger partial charge in [0.05, 0.1) is 0 Å². The lowest BCUT2D eigenvalue weighted by molar-refractivity contribution is 0.0702. The van der Waals surface area contributed by atoms with Crippen LogP contribution in [0.5, 0.6) is 0 Å². The summed E-state index contributed by atoms with van der Waals surface area (Å²) in [6.07, 6.45) is 2.52. The van der Waals surface area contributed by atoms with Crippen molar-refractivity contribution in [3.63, 3.8) is 0 Å². The first kappa shape index (κ1) is 13.5. The molecule has 0 aromatic carbocycles. The average Bonchev–Trinajstić information content (AvgIpc) is 2.81. The number of aromatic carboxylic acids is 1. The average molecular weight is 268 g/mol. The van der Waals surface area contributed by atoms with Gasteiger partial charge in [-0.25, -0.2) is 4.79 Å². The lowest BCUT2D eigenvalue weighted by Crippen LogP contribution is -2.34. The number of nitrogens with zero attached hydrogens (tertiary/aromatic N) is 1. The molecule has 0 saturated carbocycles. The van der Waals surface area contributed by atoms with E-state index in [1.165, 1.54) is 37.3 Å². The number of carboxylic acid groups (broad SMARTS) is 1. The van der Waals surface area contributed by atoms with Gasteiger partial charge >= 0.3 is 5.97 Å². The molecule has 0 aliphatic carbocycles. The number of piperidine rings is 1. The van der Waals surface area contributed by atoms with Crippen LogP contribution in [-0.4, -0.2) is 42.7 Å². The Morgan fingerprint density at radius 3 is 2.83 bits per heavy atom. The number of carbonyl (C=O) groups is 1. The van der Waals surface area contributed by atoms with Crippen LogP contribution in [-0.2, 0) is 6.54 Å². The monoisotopic (exact) mass is 268 g/mol. The molecule has 1 aliphatic rings. The molecule has 0 bridgehead atoms. The molecule has 0 spiro atoms. The van der Waals surface area contributed by atoms with Crippen molar-refractivity contribution in [3.05, 3.63) is 21.9 Å². The molecule has 2 N–H and O–H groups in total. The molecule has 1 saturated heterocycles. The van der Waals surface area contributed by atoms with Gasteiger partial charge in [0.15, 0.2) is 0 Å². The second-order valence-electron chi connectivity index (χ2n) is 4.95. The minimum atomic E-state index is -0.832. The van der Waals surface area contributed by atoms with Gasteiger partial charge in [0.25, 0.3) is 0 Å². The molecule has 2 rings (SSSR count). The van der Waals surface area contributed by atoms with Crippen LogP contribution in [0.3, 0.4) is 0 Å². The zero-order chi connectivity index (χ0) is 13.0. The van der Waals surface area contributed by atoms with Gasteiger partial charge in [-0.1, -0.05) is 0 Å². The van der Waals surface area contributed by atoms with E-state index in [1.807, 2.05) is 6.07 Å². The van der Waals surface area contributed by atoms with Crippen molar-refractivity contribution < 1.29 is 9.90 Å². The van der Waals surface area contributed by atoms with Crippen LogP contribution < -0.4 is 5.32 Å². The quantitative estimate of drug-likeness (QED) is 0.856. The van der Waals surface area contributed by atoms with Crippen LogP contribution >= 0.6 is 11.3 Å². The van der Waals surface area contributed by atoms with Crippen molar-refractivity contribution in [3.8, 4) is 0 Å². The summed E-state index contributed by atoms with van der Waals surface area (Å²) in [6, 6.07) is 3.58. The zero-order valence-corrected chi connectivity index (χ0v) is 11.5. The Morgan fingerprint density at radius 1 is 1.50 bits per heavy atom. The normalized spacial score (nSPS) is 18.1. The second kappa shape index (κ2) is 6.31. The van der Waals surface area contributed by atoms with E-state index in [1.54, 1.807) is 6.07 Å². The maximum atomic E-state index is 10.8. The third kappa shape index (κ3) is 3.80. The number of hydrogen-bond donors (Lipinski definition) is 2. The predicted octanol–water partition coefficient (Wildman–Crippen LogP) is 1.88. The number of thiophene rings is 1. The highest BCUT2D eigenvalue weighted by Crippen LogP contribution is 2.17. The van der Waals surface area contributed by atoms with Crippen molar-refractivity contribution in [2.75, 3.05) is 26.7 Å². The van der Waals surface area contributed by atoms with Crippen molar-refractivity contribution in [2.24, 2.45) is 5.92 Å². The Labute approximate surface area is 112 Å². The van der Waals surface area contributed by atoms with Gasteiger partial charge in [-0.15, -0.1) is 11.3 Å². The van der Waals surface area contributed by atoms with Crippen LogP contribution in [0.4, 0.5) is 0 Å². The number of hydrogen-bond acceptors (Lipinski definition) is 4. The van der Waals surface area contributed by atoms with Crippen molar-refractivity contribution >= 4 is 17.3 Å². The Hall–Kier alpha value is -0.910. The molecule has 0 radical (unpaired) electrons. The molecule has 0 atom stereocenters. The first-order valence-electron chi connectivity index (χ1n) is 6.36. The summed E-state index contributed by atoms with van der Waals surface area (Å²) in [5, 5.41) is 12.3. The van der Waals surface area contributed by atoms with Gasteiger partial charge in [-0.3, -0.25) is 0 Å². The number of nitrogens with one attached hydrogen (secondary N) is 1. The van der Waals surface area contributed by atoms with Crippen molar-refractivity contribution in [1.29, 1.82) is 0 Å². The SMILES string of the molecule is CN1CCC(CNCc2ccc(C(=O)O)s2)CC1. The van der Waals surface area contributed by atoms with Crippen LogP contribution in [0.25, 0.3) is 0 Å². The molecule has 18 heavy (non-hydrogen) atoms. The fourth-order valence-corrected chi connectivity index (χ4v) is 3.07. The van der Waals surface area contributed by atoms with E-state index in [4.69, 9.17) is 5.11 Å². The summed E-state index contributed by atoms with van der Waals surface area (Å²) < 4.78 is 0. The summed E-state index contributed by atoms with van der Waals surface area (Å²) in [5.41, 5.74) is 0. The third-order valence-electron chi connectivity index (χ3n) is 3.44. The molecule has 2 heterocycles. The highest BCUT2D eigenvalue weighted by Gasteiger charge is 2.16. The van der Waals surface area contributed by atoms with E-state index in [0.717, 1.165) is 23.9 Å². The molecule has 1 aliphatic heterocycles. The predicted molar refractivity (Wildman–Crippen MR) is 73.2 cm³/mol. The lowest BCUT2D eigenvalue weighted by Gasteiger charge is -2.28. The van der Waals surface area contributed by atoms with Gasteiger partial charge in [0.1, 0.15) is 4.88 Å². The Kier molecular flexibility index (Phi) is 4.74. The maximum absolute atomic E-state index is 10.8. The molecule has 1 fully saturated rings. The molecular weight excluding hydrogens is 248 g/mol. The Balaban J connectivity index is 1.70. The molecule has 4 nitrogen and oxygen atoms in total.